The number of thiophene rings is 1. The molecule has 2 amide bonds. The van der Waals surface area contributed by atoms with Crippen LogP contribution in [0.4, 0.5) is 0 Å². The molecular formula is C27H36N2O4S. The first kappa shape index (κ1) is 28.7. The number of carbonyl (C=O) groups is 2. The number of hydrogen-bond donors (Lipinski definition) is 3. The predicted octanol–water partition coefficient (Wildman–Crippen LogP) is 6.09. The Balaban J connectivity index is 0.000000306. The summed E-state index contributed by atoms with van der Waals surface area (Å²) in [7, 11) is 3.23. The van der Waals surface area contributed by atoms with E-state index < -0.39 is 0 Å². The molecule has 0 spiro atoms. The third kappa shape index (κ3) is 6.84. The second-order valence-corrected chi connectivity index (χ2v) is 7.92. The van der Waals surface area contributed by atoms with Gasteiger partial charge in [-0.1, -0.05) is 39.8 Å². The molecule has 3 aromatic rings. The molecule has 0 saturated heterocycles. The van der Waals surface area contributed by atoms with Crippen LogP contribution in [0, 0.1) is 13.8 Å². The average molecular weight is 485 g/mol. The first-order valence-electron chi connectivity index (χ1n) is 11.4. The van der Waals surface area contributed by atoms with Crippen molar-refractivity contribution in [3.8, 4) is 21.9 Å². The molecule has 0 atom stereocenters. The summed E-state index contributed by atoms with van der Waals surface area (Å²) in [6.07, 6.45) is 0. The Morgan fingerprint density at radius 1 is 0.912 bits per heavy atom. The minimum absolute atomic E-state index is 0.0399. The Labute approximate surface area is 207 Å². The van der Waals surface area contributed by atoms with E-state index in [4.69, 9.17) is 4.74 Å². The van der Waals surface area contributed by atoms with Gasteiger partial charge in [-0.3, -0.25) is 9.59 Å². The lowest BCUT2D eigenvalue weighted by Gasteiger charge is -2.16. The molecule has 2 aromatic carbocycles. The molecule has 0 unspecified atom stereocenters. The molecule has 184 valence electrons. The lowest BCUT2D eigenvalue weighted by atomic mass is 10.1. The van der Waals surface area contributed by atoms with E-state index in [-0.39, 0.29) is 17.6 Å². The monoisotopic (exact) mass is 484 g/mol. The molecule has 3 N–H and O–H groups in total. The number of benzene rings is 2. The molecule has 1 aliphatic rings. The molecule has 4 rings (SSSR count). The van der Waals surface area contributed by atoms with Crippen molar-refractivity contribution in [3.05, 3.63) is 69.6 Å². The summed E-state index contributed by atoms with van der Waals surface area (Å²) in [5.41, 5.74) is 4.19. The third-order valence-corrected chi connectivity index (χ3v) is 5.96. The van der Waals surface area contributed by atoms with Crippen molar-refractivity contribution in [2.45, 2.75) is 48.1 Å². The number of nitrogens with one attached hydrogen (secondary N) is 2. The van der Waals surface area contributed by atoms with Gasteiger partial charge in [0.2, 0.25) is 0 Å². The maximum atomic E-state index is 11.6. The quantitative estimate of drug-likeness (QED) is 0.411. The molecule has 0 radical (unpaired) electrons. The Kier molecular flexibility index (Phi) is 11.9. The summed E-state index contributed by atoms with van der Waals surface area (Å²) in [6, 6.07) is 13.2. The minimum Gasteiger partial charge on any atom is -0.507 e. The van der Waals surface area contributed by atoms with Crippen molar-refractivity contribution in [2.75, 3.05) is 14.1 Å². The lowest BCUT2D eigenvalue weighted by Crippen LogP contribution is -2.17. The lowest BCUT2D eigenvalue weighted by molar-refractivity contribution is 0.0956. The van der Waals surface area contributed by atoms with Gasteiger partial charge in [0.1, 0.15) is 18.1 Å². The van der Waals surface area contributed by atoms with Gasteiger partial charge < -0.3 is 20.5 Å². The van der Waals surface area contributed by atoms with Crippen LogP contribution in [0.15, 0.2) is 42.5 Å². The summed E-state index contributed by atoms with van der Waals surface area (Å²) in [4.78, 5) is 24.7. The Morgan fingerprint density at radius 2 is 1.47 bits per heavy atom. The van der Waals surface area contributed by atoms with E-state index in [1.807, 2.05) is 58.0 Å². The van der Waals surface area contributed by atoms with E-state index in [0.717, 1.165) is 37.8 Å². The summed E-state index contributed by atoms with van der Waals surface area (Å²) < 4.78 is 5.65. The smallest absolute Gasteiger partial charge is 0.261 e. The van der Waals surface area contributed by atoms with Crippen LogP contribution < -0.4 is 15.4 Å². The van der Waals surface area contributed by atoms with Crippen LogP contribution in [0.1, 0.15) is 64.4 Å². The first-order valence-corrected chi connectivity index (χ1v) is 12.3. The molecule has 1 aliphatic heterocycles. The van der Waals surface area contributed by atoms with Gasteiger partial charge in [0.15, 0.2) is 0 Å². The zero-order chi connectivity index (χ0) is 25.8. The third-order valence-electron chi connectivity index (χ3n) is 4.76. The number of phenols is 1. The Morgan fingerprint density at radius 3 is 2.03 bits per heavy atom. The molecule has 6 nitrogen and oxygen atoms in total. The van der Waals surface area contributed by atoms with E-state index in [2.05, 4.69) is 10.6 Å². The molecule has 2 heterocycles. The number of ether oxygens (including phenoxy) is 1. The highest BCUT2D eigenvalue weighted by molar-refractivity contribution is 7.17. The molecule has 1 aromatic heterocycles. The maximum Gasteiger partial charge on any atom is 0.261 e. The molecule has 0 aliphatic carbocycles. The fourth-order valence-corrected chi connectivity index (χ4v) is 4.31. The van der Waals surface area contributed by atoms with Gasteiger partial charge in [-0.15, -0.1) is 11.3 Å². The minimum atomic E-state index is -0.133. The highest BCUT2D eigenvalue weighted by Gasteiger charge is 2.21. The summed E-state index contributed by atoms with van der Waals surface area (Å²) in [5, 5.41) is 14.6. The zero-order valence-electron chi connectivity index (χ0n) is 21.3. The predicted molar refractivity (Wildman–Crippen MR) is 141 cm³/mol. The summed E-state index contributed by atoms with van der Waals surface area (Å²) in [6.45, 7) is 12.1. The van der Waals surface area contributed by atoms with Crippen LogP contribution in [-0.2, 0) is 6.61 Å². The fraction of sp³-hybridized carbons (Fsp3) is 0.333. The van der Waals surface area contributed by atoms with E-state index in [0.29, 0.717) is 12.2 Å². The number of carbonyl (C=O) groups excluding carboxylic acids is 2. The van der Waals surface area contributed by atoms with Gasteiger partial charge in [-0.2, -0.15) is 0 Å². The number of aromatic hydroxyl groups is 1. The number of amides is 2. The maximum absolute atomic E-state index is 11.6. The summed E-state index contributed by atoms with van der Waals surface area (Å²) in [5.74, 6) is 0.978. The highest BCUT2D eigenvalue weighted by atomic mass is 32.1. The molecular weight excluding hydrogens is 448 g/mol. The standard InChI is InChI=1S/C13H11NO2S.C10H13NO2.2C2H6/c1-14-13(15)11-6-8-7-16-10-5-3-2-4-9(10)12(8)17-11;1-6-4-8(10(13)11-3)5-7(2)9(6)12;2*1-2/h2-6H,7H2,1H3,(H,14,15);4-5,12H,1-3H3,(H,11,13);2*1-2H3. The van der Waals surface area contributed by atoms with E-state index >= 15 is 0 Å². The van der Waals surface area contributed by atoms with Gasteiger partial charge in [0.25, 0.3) is 11.8 Å². The fourth-order valence-electron chi connectivity index (χ4n) is 3.17. The van der Waals surface area contributed by atoms with Crippen LogP contribution in [0.3, 0.4) is 0 Å². The molecule has 7 heteroatoms. The van der Waals surface area contributed by atoms with E-state index in [9.17, 15) is 14.7 Å². The van der Waals surface area contributed by atoms with Crippen molar-refractivity contribution >= 4 is 23.2 Å². The normalized spacial score (nSPS) is 10.2. The van der Waals surface area contributed by atoms with Gasteiger partial charge in [0, 0.05) is 35.7 Å². The largest absolute Gasteiger partial charge is 0.507 e. The number of hydrogen-bond acceptors (Lipinski definition) is 5. The average Bonchev–Trinajstić information content (AvgIpc) is 3.34. The Hall–Kier alpha value is -3.32. The Bertz CT molecular complexity index is 1080. The van der Waals surface area contributed by atoms with E-state index in [1.54, 1.807) is 40.1 Å². The first-order chi connectivity index (χ1) is 16.3. The number of fused-ring (bicyclic) bond motifs is 3. The topological polar surface area (TPSA) is 87.7 Å². The van der Waals surface area contributed by atoms with Crippen molar-refractivity contribution in [2.24, 2.45) is 0 Å². The van der Waals surface area contributed by atoms with Gasteiger partial charge in [-0.25, -0.2) is 0 Å². The summed E-state index contributed by atoms with van der Waals surface area (Å²) >= 11 is 1.52. The number of para-hydroxylation sites is 1. The number of phenolic OH excluding ortho intramolecular Hbond substituents is 1. The van der Waals surface area contributed by atoms with Crippen LogP contribution in [0.2, 0.25) is 0 Å². The highest BCUT2D eigenvalue weighted by Crippen LogP contribution is 2.42. The zero-order valence-corrected chi connectivity index (χ0v) is 22.1. The number of aryl methyl sites for hydroxylation is 2. The van der Waals surface area contributed by atoms with Crippen molar-refractivity contribution < 1.29 is 19.4 Å². The second-order valence-electron chi connectivity index (χ2n) is 6.87. The molecule has 0 fully saturated rings. The van der Waals surface area contributed by atoms with Gasteiger partial charge >= 0.3 is 0 Å². The van der Waals surface area contributed by atoms with Crippen LogP contribution in [0.25, 0.3) is 10.4 Å². The molecule has 0 bridgehead atoms. The van der Waals surface area contributed by atoms with Crippen LogP contribution in [0.5, 0.6) is 11.5 Å². The van der Waals surface area contributed by atoms with E-state index in [1.165, 1.54) is 11.3 Å². The number of rotatable bonds is 2. The SMILES string of the molecule is CC.CC.CNC(=O)c1cc(C)c(O)c(C)c1.CNC(=O)c1cc2c(s1)-c1ccccc1OC2. The molecule has 34 heavy (non-hydrogen) atoms. The second kappa shape index (κ2) is 14.1. The van der Waals surface area contributed by atoms with Crippen LogP contribution >= 0.6 is 11.3 Å². The van der Waals surface area contributed by atoms with Crippen LogP contribution in [-0.4, -0.2) is 31.0 Å². The van der Waals surface area contributed by atoms with Crippen molar-refractivity contribution in [3.63, 3.8) is 0 Å². The van der Waals surface area contributed by atoms with Crippen molar-refractivity contribution in [1.82, 2.24) is 10.6 Å². The van der Waals surface area contributed by atoms with Crippen molar-refractivity contribution in [1.29, 1.82) is 0 Å². The molecule has 0 saturated carbocycles. The van der Waals surface area contributed by atoms with Gasteiger partial charge in [0.05, 0.1) is 4.88 Å². The van der Waals surface area contributed by atoms with Gasteiger partial charge in [-0.05, 0) is 55.3 Å².